The van der Waals surface area contributed by atoms with Crippen LogP contribution in [0.5, 0.6) is 0 Å². The van der Waals surface area contributed by atoms with E-state index in [1.807, 2.05) is 39.8 Å². The second-order valence-corrected chi connectivity index (χ2v) is 10.4. The predicted molar refractivity (Wildman–Crippen MR) is 189 cm³/mol. The number of fused-ring (bicyclic) bond motifs is 1. The van der Waals surface area contributed by atoms with Crippen molar-refractivity contribution in [1.29, 1.82) is 0 Å². The number of hydrogen-bond donors (Lipinski definition) is 3. The summed E-state index contributed by atoms with van der Waals surface area (Å²) in [5.74, 6) is -0.185. The lowest BCUT2D eigenvalue weighted by Gasteiger charge is -2.23. The molecular formula is C35H64FN3O10. The Morgan fingerprint density at radius 1 is 0.837 bits per heavy atom. The number of carbonyl (C=O) groups is 5. The summed E-state index contributed by atoms with van der Waals surface area (Å²) in [6, 6.07) is 3.69. The Balaban J connectivity index is -0.000000173. The molecule has 0 amide bonds. The molecule has 1 fully saturated rings. The Morgan fingerprint density at radius 3 is 1.63 bits per heavy atom. The zero-order valence-electron chi connectivity index (χ0n) is 29.3. The minimum absolute atomic E-state index is 0. The number of ketones is 4. The number of nitrogens with two attached hydrogens (primary N) is 1. The van der Waals surface area contributed by atoms with Gasteiger partial charge in [0.2, 0.25) is 0 Å². The highest BCUT2D eigenvalue weighted by molar-refractivity contribution is 6.01. The molecule has 1 saturated carbocycles. The Hall–Kier alpha value is -3.43. The van der Waals surface area contributed by atoms with Crippen molar-refractivity contribution >= 4 is 29.1 Å². The lowest BCUT2D eigenvalue weighted by molar-refractivity contribution is -0.207. The molecule has 0 aliphatic heterocycles. The highest BCUT2D eigenvalue weighted by Gasteiger charge is 2.18. The molecule has 0 atom stereocenters. The van der Waals surface area contributed by atoms with E-state index < -0.39 is 5.97 Å². The van der Waals surface area contributed by atoms with Crippen molar-refractivity contribution in [3.05, 3.63) is 41.4 Å². The summed E-state index contributed by atoms with van der Waals surface area (Å²) in [4.78, 5) is 55.8. The third-order valence-corrected chi connectivity index (χ3v) is 6.34. The van der Waals surface area contributed by atoms with Crippen LogP contribution >= 0.6 is 0 Å². The number of aromatic nitrogens is 1. The van der Waals surface area contributed by atoms with Crippen molar-refractivity contribution < 1.29 is 54.2 Å². The number of allylic oxidation sites excluding steroid dienone is 2. The van der Waals surface area contributed by atoms with Gasteiger partial charge in [-0.05, 0) is 78.0 Å². The lowest BCUT2D eigenvalue weighted by Crippen LogP contribution is -2.28. The fraction of sp³-hybridized carbons (Fsp3) is 0.657. The summed E-state index contributed by atoms with van der Waals surface area (Å²) in [5, 5.41) is 7.42. The van der Waals surface area contributed by atoms with Gasteiger partial charge in [-0.1, -0.05) is 7.43 Å². The molecule has 1 aromatic rings. The van der Waals surface area contributed by atoms with Crippen molar-refractivity contribution in [1.82, 2.24) is 11.1 Å². The third-order valence-electron chi connectivity index (χ3n) is 6.34. The summed E-state index contributed by atoms with van der Waals surface area (Å²) >= 11 is 0. The maximum absolute atomic E-state index is 11.2. The molecule has 3 aliphatic rings. The van der Waals surface area contributed by atoms with Crippen molar-refractivity contribution in [3.8, 4) is 0 Å². The van der Waals surface area contributed by atoms with E-state index in [-0.39, 0.29) is 61.8 Å². The summed E-state index contributed by atoms with van der Waals surface area (Å²) in [7, 11) is 0. The number of aryl methyl sites for hydroxylation is 1. The van der Waals surface area contributed by atoms with E-state index in [1.54, 1.807) is 6.20 Å². The maximum atomic E-state index is 11.2. The molecule has 286 valence electrons. The number of carboxylic acid groups (broad SMARTS) is 1. The molecule has 13 nitrogen and oxygen atoms in total. The van der Waals surface area contributed by atoms with Crippen LogP contribution in [0.2, 0.25) is 0 Å². The van der Waals surface area contributed by atoms with Gasteiger partial charge in [0.25, 0.3) is 5.97 Å². The van der Waals surface area contributed by atoms with Gasteiger partial charge >= 0.3 is 0 Å². The van der Waals surface area contributed by atoms with Gasteiger partial charge in [-0.3, -0.25) is 33.7 Å². The Morgan fingerprint density at radius 2 is 1.29 bits per heavy atom. The highest BCUT2D eigenvalue weighted by atomic mass is 19.0. The minimum Gasteiger partial charge on any atom is -0.481 e. The van der Waals surface area contributed by atoms with Crippen LogP contribution in [-0.2, 0) is 44.5 Å². The smallest absolute Gasteiger partial charge is 0.300 e. The largest absolute Gasteiger partial charge is 0.481 e. The second-order valence-electron chi connectivity index (χ2n) is 10.4. The van der Waals surface area contributed by atoms with Crippen LogP contribution in [0.3, 0.4) is 0 Å². The van der Waals surface area contributed by atoms with Crippen LogP contribution in [-0.4, -0.2) is 78.2 Å². The Kier molecular flexibility index (Phi) is 35.4. The number of hydrogen-bond acceptors (Lipinski definition) is 12. The van der Waals surface area contributed by atoms with Gasteiger partial charge in [-0.15, -0.1) is 0 Å². The number of rotatable bonds is 10. The monoisotopic (exact) mass is 706 g/mol. The van der Waals surface area contributed by atoms with Gasteiger partial charge in [0, 0.05) is 84.3 Å². The standard InChI is InChI=1S/C11H24O4.C9H9NO.C6H9NO.C6H8O2.C2H4O2.CH4.FH.H3N.H2/c1-5-12-10(13-6-2)9-11(14-7-3)15-8-4;11-9-5-1-4-8-7(9)3-2-6-10-8;2*7-5-2-1-3-6(8)4-5;1-2(3)4;;;;/h10-11H,5-9H2,1-4H3;2-3,6H,1,4-5H2;4H,1-3,7H2;1-4H2;1H3,(H,3,4);1H4;1H;1H3;1H/i;;;;;;;;1+1. The highest BCUT2D eigenvalue weighted by Crippen LogP contribution is 2.18. The van der Waals surface area contributed by atoms with E-state index in [4.69, 9.17) is 34.6 Å². The van der Waals surface area contributed by atoms with Gasteiger partial charge in [0.15, 0.2) is 24.1 Å². The molecule has 1 heterocycles. The minimum atomic E-state index is -0.833. The number of ether oxygens (including phenoxy) is 4. The van der Waals surface area contributed by atoms with E-state index in [2.05, 4.69) is 4.98 Å². The lowest BCUT2D eigenvalue weighted by atomic mass is 9.95. The number of nitrogens with zero attached hydrogens (tertiary/aromatic N) is 1. The van der Waals surface area contributed by atoms with Gasteiger partial charge < -0.3 is 35.9 Å². The average Bonchev–Trinajstić information content (AvgIpc) is 2.99. The number of carbonyl (C=O) groups excluding carboxylic acids is 4. The molecule has 0 spiro atoms. The number of carboxylic acids is 1. The third kappa shape index (κ3) is 28.1. The molecule has 4 rings (SSSR count). The Labute approximate surface area is 293 Å². The predicted octanol–water partition coefficient (Wildman–Crippen LogP) is 6.34. The van der Waals surface area contributed by atoms with Crippen molar-refractivity contribution in [3.63, 3.8) is 0 Å². The normalized spacial score (nSPS) is 14.6. The van der Waals surface area contributed by atoms with E-state index in [0.29, 0.717) is 58.5 Å². The Bertz CT molecular complexity index is 1060. The van der Waals surface area contributed by atoms with Crippen LogP contribution in [0.4, 0.5) is 4.70 Å². The molecular weight excluding hydrogens is 641 g/mol. The van der Waals surface area contributed by atoms with Crippen LogP contribution in [0, 0.1) is 0 Å². The molecule has 0 bridgehead atoms. The summed E-state index contributed by atoms with van der Waals surface area (Å²) in [6.45, 7) is 11.4. The molecule has 3 aliphatic carbocycles. The molecule has 0 saturated heterocycles. The van der Waals surface area contributed by atoms with Gasteiger partial charge in [0.1, 0.15) is 11.6 Å². The van der Waals surface area contributed by atoms with E-state index in [9.17, 15) is 19.2 Å². The van der Waals surface area contributed by atoms with Gasteiger partial charge in [-0.25, -0.2) is 0 Å². The summed E-state index contributed by atoms with van der Waals surface area (Å²) < 4.78 is 21.7. The van der Waals surface area contributed by atoms with Crippen molar-refractivity contribution in [2.24, 2.45) is 5.73 Å². The first-order valence-corrected chi connectivity index (χ1v) is 16.1. The van der Waals surface area contributed by atoms with Crippen molar-refractivity contribution in [2.45, 2.75) is 125 Å². The average molecular weight is 707 g/mol. The molecule has 6 N–H and O–H groups in total. The first-order chi connectivity index (χ1) is 22.0. The number of aliphatic carboxylic acids is 1. The van der Waals surface area contributed by atoms with Crippen LogP contribution < -0.4 is 11.9 Å². The SMILES string of the molecule is C.CC(=O)O.CCOC(CC(OCC)OCC)OCC.F.N.NC1=CC(=O)CCC1.O=C1CCCC(=O)C1.O=C1CCCc2ncccc21.[2HH]. The molecule has 14 heteroatoms. The fourth-order valence-corrected chi connectivity index (χ4v) is 4.41. The van der Waals surface area contributed by atoms with E-state index in [0.717, 1.165) is 56.0 Å². The van der Waals surface area contributed by atoms with Crippen LogP contribution in [0.25, 0.3) is 0 Å². The second kappa shape index (κ2) is 33.1. The van der Waals surface area contributed by atoms with Gasteiger partial charge in [-0.2, -0.15) is 0 Å². The molecule has 1 aromatic heterocycles. The fourth-order valence-electron chi connectivity index (χ4n) is 4.41. The number of halogens is 1. The molecule has 0 radical (unpaired) electrons. The summed E-state index contributed by atoms with van der Waals surface area (Å²) in [5.41, 5.74) is 7.91. The van der Waals surface area contributed by atoms with Gasteiger partial charge in [0.05, 0.1) is 12.1 Å². The summed E-state index contributed by atoms with van der Waals surface area (Å²) in [6.07, 6.45) is 10.8. The van der Waals surface area contributed by atoms with E-state index in [1.165, 1.54) is 6.08 Å². The zero-order valence-corrected chi connectivity index (χ0v) is 29.3. The first kappa shape index (κ1) is 52.4. The molecule has 0 aromatic carbocycles. The first-order valence-electron chi connectivity index (χ1n) is 16.1. The van der Waals surface area contributed by atoms with Crippen LogP contribution in [0.1, 0.15) is 124 Å². The number of Topliss-reactive ketones (excluding diaryl/α,β-unsaturated/α-hetero) is 3. The van der Waals surface area contributed by atoms with Crippen LogP contribution in [0.15, 0.2) is 30.1 Å². The molecule has 49 heavy (non-hydrogen) atoms. The zero-order chi connectivity index (χ0) is 34.7. The maximum Gasteiger partial charge on any atom is 0.300 e. The quantitative estimate of drug-likeness (QED) is 0.179. The number of pyridine rings is 1. The van der Waals surface area contributed by atoms with E-state index >= 15 is 0 Å². The molecule has 0 unspecified atom stereocenters. The topological polar surface area (TPSA) is 216 Å². The van der Waals surface area contributed by atoms with Crippen molar-refractivity contribution in [2.75, 3.05) is 26.4 Å².